The number of aryl methyl sites for hydroxylation is 2. The van der Waals surface area contributed by atoms with E-state index in [1.807, 2.05) is 7.11 Å². The maximum absolute atomic E-state index is 12.7. The Kier molecular flexibility index (Phi) is 7.35. The number of fused-ring (bicyclic) bond motifs is 1. The van der Waals surface area contributed by atoms with Crippen molar-refractivity contribution in [3.8, 4) is 0 Å². The van der Waals surface area contributed by atoms with Crippen LogP contribution in [0.2, 0.25) is 0 Å². The third kappa shape index (κ3) is 6.03. The largest absolute Gasteiger partial charge is 0.380 e. The Balaban J connectivity index is 1.52. The highest BCUT2D eigenvalue weighted by atomic mass is 32.1. The van der Waals surface area contributed by atoms with Crippen LogP contribution in [0.1, 0.15) is 72.5 Å². The molecule has 2 aliphatic rings. The van der Waals surface area contributed by atoms with Crippen LogP contribution in [0.4, 0.5) is 0 Å². The molecule has 1 N–H and O–H groups in total. The van der Waals surface area contributed by atoms with Gasteiger partial charge in [0.2, 0.25) is 0 Å². The molecular weight excluding hydrogens is 356 g/mol. The van der Waals surface area contributed by atoms with Gasteiger partial charge >= 0.3 is 0 Å². The van der Waals surface area contributed by atoms with Gasteiger partial charge in [-0.05, 0) is 62.1 Å². The van der Waals surface area contributed by atoms with E-state index in [1.54, 1.807) is 11.3 Å². The number of likely N-dealkylation sites (tertiary alicyclic amines) is 1. The van der Waals surface area contributed by atoms with Gasteiger partial charge in [-0.15, -0.1) is 11.3 Å². The van der Waals surface area contributed by atoms with Crippen LogP contribution in [0.5, 0.6) is 0 Å². The quantitative estimate of drug-likeness (QED) is 0.786. The molecule has 0 saturated carbocycles. The van der Waals surface area contributed by atoms with E-state index in [1.165, 1.54) is 42.5 Å². The van der Waals surface area contributed by atoms with Gasteiger partial charge in [-0.1, -0.05) is 26.7 Å². The average Bonchev–Trinajstić information content (AvgIpc) is 3.01. The lowest BCUT2D eigenvalue weighted by atomic mass is 9.91. The normalized spacial score (nSPS) is 22.0. The number of hydrogen-bond acceptors (Lipinski definition) is 4. The van der Waals surface area contributed by atoms with Crippen LogP contribution in [0.15, 0.2) is 6.07 Å². The Hall–Kier alpha value is -0.910. The molecule has 4 nitrogen and oxygen atoms in total. The molecule has 1 aromatic heterocycles. The number of carbonyl (C=O) groups excluding carboxylic acids is 1. The second-order valence-electron chi connectivity index (χ2n) is 9.06. The molecule has 0 spiro atoms. The smallest absolute Gasteiger partial charge is 0.261 e. The van der Waals surface area contributed by atoms with Crippen LogP contribution < -0.4 is 5.32 Å². The summed E-state index contributed by atoms with van der Waals surface area (Å²) in [7, 11) is 1.81. The third-order valence-corrected chi connectivity index (χ3v) is 7.13. The molecule has 1 amide bonds. The summed E-state index contributed by atoms with van der Waals surface area (Å²) in [5.41, 5.74) is 1.47. The average molecular weight is 393 g/mol. The van der Waals surface area contributed by atoms with Crippen molar-refractivity contribution in [2.75, 3.05) is 33.3 Å². The molecule has 1 unspecified atom stereocenters. The van der Waals surface area contributed by atoms with Crippen molar-refractivity contribution in [1.82, 2.24) is 10.2 Å². The second-order valence-corrected chi connectivity index (χ2v) is 10.2. The van der Waals surface area contributed by atoms with Crippen molar-refractivity contribution in [3.05, 3.63) is 21.4 Å². The number of ether oxygens (including phenoxy) is 1. The van der Waals surface area contributed by atoms with Crippen molar-refractivity contribution in [1.29, 1.82) is 0 Å². The monoisotopic (exact) mass is 392 g/mol. The van der Waals surface area contributed by atoms with Crippen molar-refractivity contribution < 1.29 is 9.53 Å². The first-order valence-corrected chi connectivity index (χ1v) is 11.4. The third-order valence-electron chi connectivity index (χ3n) is 5.90. The predicted octanol–water partition coefficient (Wildman–Crippen LogP) is 4.27. The number of amides is 1. The van der Waals surface area contributed by atoms with Crippen LogP contribution in [0.3, 0.4) is 0 Å². The maximum Gasteiger partial charge on any atom is 0.261 e. The van der Waals surface area contributed by atoms with Gasteiger partial charge in [-0.2, -0.15) is 0 Å². The number of thiophene rings is 1. The molecule has 1 atom stereocenters. The Morgan fingerprint density at radius 1 is 1.26 bits per heavy atom. The first-order valence-electron chi connectivity index (χ1n) is 10.6. The molecule has 1 fully saturated rings. The van der Waals surface area contributed by atoms with Crippen LogP contribution in [-0.4, -0.2) is 50.2 Å². The zero-order chi connectivity index (χ0) is 19.3. The Labute approximate surface area is 168 Å². The van der Waals surface area contributed by atoms with Crippen molar-refractivity contribution in [3.63, 3.8) is 0 Å². The lowest BCUT2D eigenvalue weighted by Crippen LogP contribution is -2.47. The number of carbonyl (C=O) groups is 1. The fourth-order valence-electron chi connectivity index (χ4n) is 4.37. The summed E-state index contributed by atoms with van der Waals surface area (Å²) in [5.74, 6) is 0.105. The molecule has 5 heteroatoms. The summed E-state index contributed by atoms with van der Waals surface area (Å²) in [4.78, 5) is 17.6. The molecule has 1 aliphatic heterocycles. The summed E-state index contributed by atoms with van der Waals surface area (Å²) in [5, 5.41) is 3.21. The minimum absolute atomic E-state index is 0.0527. The number of hydrogen-bond donors (Lipinski definition) is 1. The summed E-state index contributed by atoms with van der Waals surface area (Å²) in [6.45, 7) is 8.34. The van der Waals surface area contributed by atoms with E-state index in [0.717, 1.165) is 43.8 Å². The standard InChI is InChI=1S/C22H36N2O2S/c1-22(2,16-24-12-8-10-18(14-24)26-3)15-23-21(25)20-13-17-9-6-4-5-7-11-19(17)27-20/h13,18H,4-12,14-16H2,1-3H3,(H,23,25). The highest BCUT2D eigenvalue weighted by Gasteiger charge is 2.27. The van der Waals surface area contributed by atoms with Gasteiger partial charge in [-0.3, -0.25) is 4.79 Å². The van der Waals surface area contributed by atoms with Gasteiger partial charge < -0.3 is 15.0 Å². The van der Waals surface area contributed by atoms with Gasteiger partial charge in [0.1, 0.15) is 0 Å². The van der Waals surface area contributed by atoms with Gasteiger partial charge in [0, 0.05) is 31.6 Å². The second kappa shape index (κ2) is 9.53. The molecule has 152 valence electrons. The summed E-state index contributed by atoms with van der Waals surface area (Å²) >= 11 is 1.72. The molecule has 3 rings (SSSR count). The molecular formula is C22H36N2O2S. The predicted molar refractivity (Wildman–Crippen MR) is 113 cm³/mol. The van der Waals surface area contributed by atoms with Crippen LogP contribution in [-0.2, 0) is 17.6 Å². The molecule has 0 aromatic carbocycles. The fourth-order valence-corrected chi connectivity index (χ4v) is 5.54. The van der Waals surface area contributed by atoms with E-state index in [4.69, 9.17) is 4.74 Å². The molecule has 0 radical (unpaired) electrons. The van der Waals surface area contributed by atoms with Crippen molar-refractivity contribution in [2.24, 2.45) is 5.41 Å². The minimum Gasteiger partial charge on any atom is -0.380 e. The van der Waals surface area contributed by atoms with E-state index in [0.29, 0.717) is 12.6 Å². The number of nitrogens with one attached hydrogen (secondary N) is 1. The minimum atomic E-state index is 0.0527. The zero-order valence-corrected chi connectivity index (χ0v) is 18.1. The maximum atomic E-state index is 12.7. The van der Waals surface area contributed by atoms with Crippen LogP contribution in [0.25, 0.3) is 0 Å². The van der Waals surface area contributed by atoms with Gasteiger partial charge in [0.05, 0.1) is 11.0 Å². The fraction of sp³-hybridized carbons (Fsp3) is 0.773. The van der Waals surface area contributed by atoms with Gasteiger partial charge in [0.15, 0.2) is 0 Å². The molecule has 1 aliphatic carbocycles. The topological polar surface area (TPSA) is 41.6 Å². The summed E-state index contributed by atoms with van der Waals surface area (Å²) < 4.78 is 5.54. The molecule has 2 heterocycles. The van der Waals surface area contributed by atoms with E-state index < -0.39 is 0 Å². The highest BCUT2D eigenvalue weighted by molar-refractivity contribution is 7.14. The van der Waals surface area contributed by atoms with Crippen LogP contribution >= 0.6 is 11.3 Å². The molecule has 0 bridgehead atoms. The highest BCUT2D eigenvalue weighted by Crippen LogP contribution is 2.29. The Bertz CT molecular complexity index is 600. The number of rotatable bonds is 6. The Morgan fingerprint density at radius 2 is 2.04 bits per heavy atom. The summed E-state index contributed by atoms with van der Waals surface area (Å²) in [6, 6.07) is 2.15. The SMILES string of the molecule is COC1CCCN(CC(C)(C)CNC(=O)c2cc3c(s2)CCCCCC3)C1. The van der Waals surface area contributed by atoms with Crippen molar-refractivity contribution in [2.45, 2.75) is 71.3 Å². The zero-order valence-electron chi connectivity index (χ0n) is 17.3. The van der Waals surface area contributed by atoms with E-state index in [9.17, 15) is 4.79 Å². The van der Waals surface area contributed by atoms with E-state index >= 15 is 0 Å². The lowest BCUT2D eigenvalue weighted by Gasteiger charge is -2.37. The first-order chi connectivity index (χ1) is 13.0. The van der Waals surface area contributed by atoms with Crippen LogP contribution in [0, 0.1) is 5.41 Å². The van der Waals surface area contributed by atoms with E-state index in [2.05, 4.69) is 30.1 Å². The molecule has 1 aromatic rings. The van der Waals surface area contributed by atoms with Gasteiger partial charge in [-0.25, -0.2) is 0 Å². The number of nitrogens with zero attached hydrogens (tertiary/aromatic N) is 1. The Morgan fingerprint density at radius 3 is 2.81 bits per heavy atom. The van der Waals surface area contributed by atoms with Crippen molar-refractivity contribution >= 4 is 17.2 Å². The lowest BCUT2D eigenvalue weighted by molar-refractivity contribution is 0.0184. The van der Waals surface area contributed by atoms with E-state index in [-0.39, 0.29) is 11.3 Å². The van der Waals surface area contributed by atoms with Gasteiger partial charge in [0.25, 0.3) is 5.91 Å². The molecule has 1 saturated heterocycles. The summed E-state index contributed by atoms with van der Waals surface area (Å²) in [6.07, 6.45) is 10.2. The first kappa shape index (κ1) is 20.8. The number of piperidine rings is 1. The molecule has 27 heavy (non-hydrogen) atoms. The number of methoxy groups -OCH3 is 1.